The number of aliphatic imine (C=N–C) groups is 1. The molecule has 1 aromatic carbocycles. The van der Waals surface area contributed by atoms with Crippen LogP contribution in [-0.2, 0) is 9.57 Å². The van der Waals surface area contributed by atoms with E-state index in [0.29, 0.717) is 18.7 Å². The second-order valence-electron chi connectivity index (χ2n) is 7.04. The highest BCUT2D eigenvalue weighted by Crippen LogP contribution is 2.20. The first-order valence-corrected chi connectivity index (χ1v) is 9.67. The summed E-state index contributed by atoms with van der Waals surface area (Å²) in [6.07, 6.45) is 5.09. The number of nitrogens with zero attached hydrogens (tertiary/aromatic N) is 2. The normalized spacial score (nSPS) is 25.3. The van der Waals surface area contributed by atoms with Crippen LogP contribution < -0.4 is 10.6 Å². The lowest BCUT2D eigenvalue weighted by Gasteiger charge is -2.32. The molecule has 4 rings (SSSR count). The number of hydrogen-bond donors (Lipinski definition) is 2. The Labute approximate surface area is 159 Å². The minimum Gasteiger partial charge on any atom is -0.372 e. The monoisotopic (exact) mass is 370 g/mol. The molecule has 0 spiro atoms. The molecule has 3 aliphatic heterocycles. The predicted octanol–water partition coefficient (Wildman–Crippen LogP) is 1.49. The molecule has 7 nitrogen and oxygen atoms in total. The molecule has 1 unspecified atom stereocenters. The number of carbonyl (C=O) groups excluding carboxylic acids is 1. The lowest BCUT2D eigenvalue weighted by atomic mass is 10.1. The summed E-state index contributed by atoms with van der Waals surface area (Å²) < 4.78 is 5.62. The summed E-state index contributed by atoms with van der Waals surface area (Å²) in [4.78, 5) is 22.4. The van der Waals surface area contributed by atoms with Gasteiger partial charge in [-0.3, -0.25) is 0 Å². The third kappa shape index (κ3) is 4.74. The Bertz CT molecular complexity index is 719. The quantitative estimate of drug-likeness (QED) is 0.790. The van der Waals surface area contributed by atoms with Crippen LogP contribution in [-0.4, -0.2) is 61.7 Å². The molecule has 0 radical (unpaired) electrons. The molecule has 0 amide bonds. The van der Waals surface area contributed by atoms with Crippen LogP contribution in [0.3, 0.4) is 0 Å². The van der Waals surface area contributed by atoms with Gasteiger partial charge in [-0.15, -0.1) is 5.06 Å². The lowest BCUT2D eigenvalue weighted by Crippen LogP contribution is -2.51. The van der Waals surface area contributed by atoms with Crippen LogP contribution in [0.2, 0.25) is 0 Å². The van der Waals surface area contributed by atoms with Crippen LogP contribution in [0.1, 0.15) is 29.6 Å². The first-order chi connectivity index (χ1) is 13.3. The van der Waals surface area contributed by atoms with Gasteiger partial charge in [0.2, 0.25) is 0 Å². The second-order valence-corrected chi connectivity index (χ2v) is 7.04. The molecule has 0 saturated carbocycles. The number of carbonyl (C=O) groups is 1. The van der Waals surface area contributed by atoms with E-state index in [2.05, 4.69) is 21.7 Å². The van der Waals surface area contributed by atoms with Crippen molar-refractivity contribution in [3.8, 4) is 0 Å². The van der Waals surface area contributed by atoms with E-state index in [1.165, 1.54) is 0 Å². The zero-order valence-electron chi connectivity index (χ0n) is 15.4. The van der Waals surface area contributed by atoms with Crippen LogP contribution in [0.5, 0.6) is 0 Å². The van der Waals surface area contributed by atoms with Gasteiger partial charge in [0.15, 0.2) is 0 Å². The van der Waals surface area contributed by atoms with E-state index in [0.717, 1.165) is 50.5 Å². The summed E-state index contributed by atoms with van der Waals surface area (Å²) in [5, 5.41) is 8.66. The third-order valence-electron chi connectivity index (χ3n) is 5.08. The van der Waals surface area contributed by atoms with Crippen LogP contribution in [0, 0.1) is 0 Å². The number of hydrogen-bond acceptors (Lipinski definition) is 7. The average molecular weight is 370 g/mol. The Morgan fingerprint density at radius 2 is 2.26 bits per heavy atom. The predicted molar refractivity (Wildman–Crippen MR) is 102 cm³/mol. The van der Waals surface area contributed by atoms with Gasteiger partial charge in [-0.05, 0) is 24.6 Å². The van der Waals surface area contributed by atoms with E-state index in [-0.39, 0.29) is 18.1 Å². The largest absolute Gasteiger partial charge is 0.372 e. The van der Waals surface area contributed by atoms with Gasteiger partial charge in [-0.25, -0.2) is 9.79 Å². The van der Waals surface area contributed by atoms with Gasteiger partial charge >= 0.3 is 5.97 Å². The Hall–Kier alpha value is -2.22. The Morgan fingerprint density at radius 3 is 3.15 bits per heavy atom. The van der Waals surface area contributed by atoms with Crippen LogP contribution >= 0.6 is 0 Å². The molecule has 1 aromatic rings. The Kier molecular flexibility index (Phi) is 5.81. The highest BCUT2D eigenvalue weighted by atomic mass is 16.7. The van der Waals surface area contributed by atoms with Crippen molar-refractivity contribution >= 4 is 11.7 Å². The number of nitrogens with one attached hydrogen (secondary N) is 2. The molecular weight excluding hydrogens is 344 g/mol. The summed E-state index contributed by atoms with van der Waals surface area (Å²) in [7, 11) is 0. The van der Waals surface area contributed by atoms with Gasteiger partial charge in [0, 0.05) is 38.5 Å². The van der Waals surface area contributed by atoms with E-state index >= 15 is 0 Å². The molecule has 144 valence electrons. The van der Waals surface area contributed by atoms with E-state index in [9.17, 15) is 4.79 Å². The minimum atomic E-state index is -0.300. The number of piperazine rings is 1. The molecule has 2 N–H and O–H groups in total. The smallest absolute Gasteiger partial charge is 0.357 e. The molecule has 3 aliphatic rings. The van der Waals surface area contributed by atoms with Crippen molar-refractivity contribution in [2.24, 2.45) is 4.99 Å². The topological polar surface area (TPSA) is 75.2 Å². The molecule has 3 heterocycles. The molecule has 7 heteroatoms. The Balaban J connectivity index is 1.21. The van der Waals surface area contributed by atoms with Crippen molar-refractivity contribution < 1.29 is 14.4 Å². The molecule has 2 fully saturated rings. The van der Waals surface area contributed by atoms with Gasteiger partial charge in [0.05, 0.1) is 30.5 Å². The lowest BCUT2D eigenvalue weighted by molar-refractivity contribution is -0.123. The average Bonchev–Trinajstić information content (AvgIpc) is 3.17. The maximum Gasteiger partial charge on any atom is 0.357 e. The fourth-order valence-corrected chi connectivity index (χ4v) is 3.62. The number of hydroxylamine groups is 2. The van der Waals surface area contributed by atoms with E-state index in [1.54, 1.807) is 17.2 Å². The number of rotatable bonds is 6. The Morgan fingerprint density at radius 1 is 1.37 bits per heavy atom. The summed E-state index contributed by atoms with van der Waals surface area (Å²) in [5.41, 5.74) is 1.74. The molecule has 27 heavy (non-hydrogen) atoms. The highest BCUT2D eigenvalue weighted by molar-refractivity contribution is 5.92. The number of fused-ring (bicyclic) bond motifs is 1. The highest BCUT2D eigenvalue weighted by Gasteiger charge is 2.26. The van der Waals surface area contributed by atoms with Crippen LogP contribution in [0.4, 0.5) is 0 Å². The summed E-state index contributed by atoms with van der Waals surface area (Å²) in [5.74, 6) is 0.654. The number of benzene rings is 1. The van der Waals surface area contributed by atoms with Gasteiger partial charge < -0.3 is 20.2 Å². The molecule has 2 saturated heterocycles. The van der Waals surface area contributed by atoms with Crippen LogP contribution in [0.15, 0.2) is 47.2 Å². The zero-order valence-corrected chi connectivity index (χ0v) is 15.4. The standard InChI is InChI=1S/C20H26N4O3/c25-20(15-4-2-1-3-5-15)27-24-12-11-21-16(14-24)8-10-22-19-7-6-18-17(23-19)9-13-26-18/h1-5,7,16,18,21-22H,6,8-14H2/t16-,18?/m1/s1. The summed E-state index contributed by atoms with van der Waals surface area (Å²) in [6.45, 7) is 3.80. The molecule has 2 atom stereocenters. The van der Waals surface area contributed by atoms with Crippen LogP contribution in [0.25, 0.3) is 0 Å². The van der Waals surface area contributed by atoms with Gasteiger partial charge in [0.25, 0.3) is 0 Å². The summed E-state index contributed by atoms with van der Waals surface area (Å²) in [6, 6.07) is 9.38. The summed E-state index contributed by atoms with van der Waals surface area (Å²) >= 11 is 0. The number of ether oxygens (including phenoxy) is 1. The van der Waals surface area contributed by atoms with Gasteiger partial charge in [-0.2, -0.15) is 0 Å². The van der Waals surface area contributed by atoms with Crippen molar-refractivity contribution in [3.63, 3.8) is 0 Å². The molecule has 0 aliphatic carbocycles. The van der Waals surface area contributed by atoms with Crippen molar-refractivity contribution in [2.45, 2.75) is 31.4 Å². The second kappa shape index (κ2) is 8.65. The van der Waals surface area contributed by atoms with E-state index in [1.807, 2.05) is 18.2 Å². The maximum absolute atomic E-state index is 12.2. The fraction of sp³-hybridized carbons (Fsp3) is 0.500. The van der Waals surface area contributed by atoms with Crippen molar-refractivity contribution in [1.82, 2.24) is 15.7 Å². The van der Waals surface area contributed by atoms with Gasteiger partial charge in [0.1, 0.15) is 5.82 Å². The van der Waals surface area contributed by atoms with Crippen molar-refractivity contribution in [2.75, 3.05) is 32.8 Å². The zero-order chi connectivity index (χ0) is 18.5. The van der Waals surface area contributed by atoms with Crippen molar-refractivity contribution in [1.29, 1.82) is 0 Å². The van der Waals surface area contributed by atoms with E-state index in [4.69, 9.17) is 9.57 Å². The van der Waals surface area contributed by atoms with E-state index < -0.39 is 0 Å². The SMILES string of the molecule is O=C(ON1CCN[C@H](CCNC2=CCC3OCCC3=N2)C1)c1ccccc1. The maximum atomic E-state index is 12.2. The first kappa shape index (κ1) is 18.2. The van der Waals surface area contributed by atoms with Crippen molar-refractivity contribution in [3.05, 3.63) is 47.8 Å². The molecular formula is C20H26N4O3. The molecule has 0 bridgehead atoms. The third-order valence-corrected chi connectivity index (χ3v) is 5.08. The minimum absolute atomic E-state index is 0.198. The molecule has 0 aromatic heterocycles. The van der Waals surface area contributed by atoms with Gasteiger partial charge in [-0.1, -0.05) is 18.2 Å². The first-order valence-electron chi connectivity index (χ1n) is 9.67. The fourth-order valence-electron chi connectivity index (χ4n) is 3.62.